The van der Waals surface area contributed by atoms with Gasteiger partial charge in [-0.2, -0.15) is 0 Å². The standard InChI is InChI=1S/C6H11Si/c1-2-5(1)7-6-3-4-6/h5-7H,1-4H2. The Morgan fingerprint density at radius 3 is 1.57 bits per heavy atom. The first-order chi connectivity index (χ1) is 3.45. The first-order valence-corrected chi connectivity index (χ1v) is 4.63. The average molecular weight is 111 g/mol. The molecule has 2 aliphatic carbocycles. The van der Waals surface area contributed by atoms with Crippen LogP contribution in [0.5, 0.6) is 0 Å². The molecule has 0 spiro atoms. The SMILES string of the molecule is C1CC1[SiH]C1CC1. The summed E-state index contributed by atoms with van der Waals surface area (Å²) in [5, 5.41) is 0. The van der Waals surface area contributed by atoms with E-state index in [1.807, 2.05) is 0 Å². The second-order valence-corrected chi connectivity index (χ2v) is 5.14. The van der Waals surface area contributed by atoms with Crippen molar-refractivity contribution < 1.29 is 0 Å². The van der Waals surface area contributed by atoms with Crippen LogP contribution in [0.25, 0.3) is 0 Å². The fourth-order valence-corrected chi connectivity index (χ4v) is 2.89. The van der Waals surface area contributed by atoms with Crippen LogP contribution in [0.15, 0.2) is 0 Å². The van der Waals surface area contributed by atoms with Crippen molar-refractivity contribution in [2.75, 3.05) is 0 Å². The smallest absolute Gasteiger partial charge is 0.0346 e. The monoisotopic (exact) mass is 111 g/mol. The summed E-state index contributed by atoms with van der Waals surface area (Å²) in [6.45, 7) is 0. The Kier molecular flexibility index (Phi) is 0.794. The first kappa shape index (κ1) is 4.13. The summed E-state index contributed by atoms with van der Waals surface area (Å²) in [5.74, 6) is 0. The Morgan fingerprint density at radius 2 is 1.29 bits per heavy atom. The quantitative estimate of drug-likeness (QED) is 0.475. The van der Waals surface area contributed by atoms with Crippen LogP contribution in [-0.4, -0.2) is 9.52 Å². The van der Waals surface area contributed by atoms with Crippen molar-refractivity contribution in [3.63, 3.8) is 0 Å². The molecule has 2 rings (SSSR count). The molecule has 0 saturated heterocycles. The minimum absolute atomic E-state index is 0.935. The second-order valence-electron chi connectivity index (χ2n) is 2.87. The molecule has 0 aliphatic heterocycles. The highest BCUT2D eigenvalue weighted by molar-refractivity contribution is 6.41. The lowest BCUT2D eigenvalue weighted by molar-refractivity contribution is 1.32. The van der Waals surface area contributed by atoms with Crippen molar-refractivity contribution in [1.82, 2.24) is 0 Å². The van der Waals surface area contributed by atoms with Crippen LogP contribution < -0.4 is 0 Å². The van der Waals surface area contributed by atoms with Crippen LogP contribution in [0, 0.1) is 0 Å². The Bertz CT molecular complexity index is 62.2. The van der Waals surface area contributed by atoms with Gasteiger partial charge in [0.15, 0.2) is 0 Å². The topological polar surface area (TPSA) is 0 Å². The van der Waals surface area contributed by atoms with Crippen molar-refractivity contribution in [3.8, 4) is 0 Å². The Balaban J connectivity index is 1.69. The highest BCUT2D eigenvalue weighted by Gasteiger charge is 2.31. The molecule has 0 nitrogen and oxygen atoms in total. The van der Waals surface area contributed by atoms with Gasteiger partial charge < -0.3 is 0 Å². The van der Waals surface area contributed by atoms with Gasteiger partial charge in [-0.1, -0.05) is 25.7 Å². The van der Waals surface area contributed by atoms with Gasteiger partial charge >= 0.3 is 0 Å². The van der Waals surface area contributed by atoms with Crippen molar-refractivity contribution in [3.05, 3.63) is 0 Å². The minimum Gasteiger partial charge on any atom is -0.0533 e. The molecule has 0 amide bonds. The minimum atomic E-state index is 0.935. The fourth-order valence-electron chi connectivity index (χ4n) is 0.962. The summed E-state index contributed by atoms with van der Waals surface area (Å²) in [4.78, 5) is 0. The van der Waals surface area contributed by atoms with E-state index >= 15 is 0 Å². The van der Waals surface area contributed by atoms with Crippen LogP contribution >= 0.6 is 0 Å². The molecule has 0 N–H and O–H groups in total. The Hall–Kier alpha value is 0.217. The largest absolute Gasteiger partial charge is 0.0533 e. The first-order valence-electron chi connectivity index (χ1n) is 3.30. The van der Waals surface area contributed by atoms with Crippen molar-refractivity contribution in [1.29, 1.82) is 0 Å². The molecule has 1 heteroatoms. The van der Waals surface area contributed by atoms with Gasteiger partial charge in [-0.15, -0.1) is 0 Å². The zero-order chi connectivity index (χ0) is 4.69. The summed E-state index contributed by atoms with van der Waals surface area (Å²) in [5.41, 5.74) is 2.54. The highest BCUT2D eigenvalue weighted by Crippen LogP contribution is 2.45. The van der Waals surface area contributed by atoms with Gasteiger partial charge in [-0.05, 0) is 11.1 Å². The van der Waals surface area contributed by atoms with E-state index < -0.39 is 0 Å². The molecule has 0 unspecified atom stereocenters. The second kappa shape index (κ2) is 1.34. The van der Waals surface area contributed by atoms with Crippen LogP contribution in [-0.2, 0) is 0 Å². The molecule has 0 atom stereocenters. The highest BCUT2D eigenvalue weighted by atomic mass is 28.2. The fraction of sp³-hybridized carbons (Fsp3) is 1.00. The van der Waals surface area contributed by atoms with Crippen LogP contribution in [0.3, 0.4) is 0 Å². The van der Waals surface area contributed by atoms with Crippen LogP contribution in [0.4, 0.5) is 0 Å². The van der Waals surface area contributed by atoms with E-state index in [0.717, 1.165) is 9.52 Å². The summed E-state index contributed by atoms with van der Waals surface area (Å²) < 4.78 is 0. The average Bonchev–Trinajstić information content (AvgIpc) is 2.33. The molecule has 0 aromatic heterocycles. The zero-order valence-corrected chi connectivity index (χ0v) is 5.72. The van der Waals surface area contributed by atoms with Crippen molar-refractivity contribution in [2.24, 2.45) is 0 Å². The number of hydrogen-bond donors (Lipinski definition) is 0. The molecule has 2 fully saturated rings. The predicted molar refractivity (Wildman–Crippen MR) is 33.1 cm³/mol. The van der Waals surface area contributed by atoms with Gasteiger partial charge in [-0.3, -0.25) is 0 Å². The van der Waals surface area contributed by atoms with Gasteiger partial charge in [0.1, 0.15) is 0 Å². The molecule has 0 bridgehead atoms. The summed E-state index contributed by atoms with van der Waals surface area (Å²) >= 11 is 0. The molecule has 7 heavy (non-hydrogen) atoms. The van der Waals surface area contributed by atoms with E-state index in [9.17, 15) is 0 Å². The molecular formula is C6H11Si. The van der Waals surface area contributed by atoms with Crippen LogP contribution in [0.1, 0.15) is 25.7 Å². The van der Waals surface area contributed by atoms with Gasteiger partial charge in [0.2, 0.25) is 0 Å². The third-order valence-corrected chi connectivity index (χ3v) is 4.21. The molecular weight excluding hydrogens is 100 g/mol. The number of rotatable bonds is 2. The van der Waals surface area contributed by atoms with E-state index in [0.29, 0.717) is 0 Å². The maximum absolute atomic E-state index is 1.59. The van der Waals surface area contributed by atoms with Gasteiger partial charge in [0.25, 0.3) is 0 Å². The Morgan fingerprint density at radius 1 is 0.857 bits per heavy atom. The molecule has 0 aromatic carbocycles. The van der Waals surface area contributed by atoms with E-state index in [1.165, 1.54) is 11.1 Å². The molecule has 1 radical (unpaired) electrons. The molecule has 2 aliphatic rings. The van der Waals surface area contributed by atoms with Crippen LogP contribution in [0.2, 0.25) is 11.1 Å². The van der Waals surface area contributed by atoms with Gasteiger partial charge in [-0.25, -0.2) is 0 Å². The maximum atomic E-state index is 1.59. The molecule has 2 saturated carbocycles. The lowest BCUT2D eigenvalue weighted by Crippen LogP contribution is -1.83. The maximum Gasteiger partial charge on any atom is 0.0346 e. The summed E-state index contributed by atoms with van der Waals surface area (Å²) in [6.07, 6.45) is 6.36. The zero-order valence-electron chi connectivity index (χ0n) is 4.56. The van der Waals surface area contributed by atoms with Gasteiger partial charge in [0, 0.05) is 9.52 Å². The lowest BCUT2D eigenvalue weighted by Gasteiger charge is -1.84. The predicted octanol–water partition coefficient (Wildman–Crippen LogP) is 1.59. The number of hydrogen-bond acceptors (Lipinski definition) is 0. The van der Waals surface area contributed by atoms with E-state index in [2.05, 4.69) is 0 Å². The van der Waals surface area contributed by atoms with E-state index in [1.54, 1.807) is 25.7 Å². The van der Waals surface area contributed by atoms with E-state index in [-0.39, 0.29) is 0 Å². The van der Waals surface area contributed by atoms with Gasteiger partial charge in [0.05, 0.1) is 0 Å². The normalized spacial score (nSPS) is 30.9. The van der Waals surface area contributed by atoms with E-state index in [4.69, 9.17) is 0 Å². The lowest BCUT2D eigenvalue weighted by atomic mass is 10.9. The van der Waals surface area contributed by atoms with Crippen molar-refractivity contribution >= 4 is 9.52 Å². The Labute approximate surface area is 47.1 Å². The molecule has 0 aromatic rings. The summed E-state index contributed by atoms with van der Waals surface area (Å²) in [6, 6.07) is 0. The van der Waals surface area contributed by atoms with Crippen molar-refractivity contribution in [2.45, 2.75) is 36.8 Å². The third-order valence-electron chi connectivity index (χ3n) is 1.79. The third kappa shape index (κ3) is 1.06. The molecule has 39 valence electrons. The summed E-state index contributed by atoms with van der Waals surface area (Å²) in [7, 11) is 0.935. The molecule has 0 heterocycles.